The molecule has 0 aromatic heterocycles. The Morgan fingerprint density at radius 2 is 1.33 bits per heavy atom. The van der Waals surface area contributed by atoms with Gasteiger partial charge in [-0.2, -0.15) is 0 Å². The third-order valence-electron chi connectivity index (χ3n) is 2.53. The first-order valence-corrected chi connectivity index (χ1v) is 4.37. The lowest BCUT2D eigenvalue weighted by Crippen LogP contribution is -2.42. The maximum Gasteiger partial charge on any atom is 0.108 e. The third-order valence-corrected chi connectivity index (χ3v) is 2.53. The predicted molar refractivity (Wildman–Crippen MR) is 47.0 cm³/mol. The van der Waals surface area contributed by atoms with E-state index < -0.39 is 0 Å². The Hall–Kier alpha value is -0.600. The molecule has 2 unspecified atom stereocenters. The van der Waals surface area contributed by atoms with Gasteiger partial charge in [0, 0.05) is 0 Å². The van der Waals surface area contributed by atoms with Crippen LogP contribution in [0.3, 0.4) is 0 Å². The molecule has 0 N–H and O–H groups in total. The molecule has 2 atom stereocenters. The van der Waals surface area contributed by atoms with E-state index in [-0.39, 0.29) is 12.2 Å². The van der Waals surface area contributed by atoms with E-state index >= 15 is 0 Å². The largest absolute Gasteiger partial charge is 0.368 e. The van der Waals surface area contributed by atoms with Crippen molar-refractivity contribution < 1.29 is 9.47 Å². The van der Waals surface area contributed by atoms with Gasteiger partial charge < -0.3 is 9.47 Å². The second-order valence-corrected chi connectivity index (χ2v) is 3.40. The summed E-state index contributed by atoms with van der Waals surface area (Å²) in [7, 11) is 0. The first-order chi connectivity index (χ1) is 5.79. The third kappa shape index (κ3) is 1.21. The summed E-state index contributed by atoms with van der Waals surface area (Å²) in [5.41, 5.74) is 2.32. The molecule has 0 aromatic rings. The second kappa shape index (κ2) is 3.04. The summed E-state index contributed by atoms with van der Waals surface area (Å²) in [6.07, 6.45) is 2.17. The van der Waals surface area contributed by atoms with E-state index in [9.17, 15) is 0 Å². The van der Waals surface area contributed by atoms with Gasteiger partial charge >= 0.3 is 0 Å². The molecule has 66 valence electrons. The Bertz CT molecular complexity index is 196. The van der Waals surface area contributed by atoms with Crippen LogP contribution in [0.4, 0.5) is 0 Å². The normalized spacial score (nSPS) is 36.3. The molecule has 0 spiro atoms. The number of hydrogen-bond donors (Lipinski definition) is 0. The van der Waals surface area contributed by atoms with Gasteiger partial charge in [0.15, 0.2) is 0 Å². The van der Waals surface area contributed by atoms with Crippen LogP contribution < -0.4 is 0 Å². The maximum atomic E-state index is 5.58. The van der Waals surface area contributed by atoms with Crippen molar-refractivity contribution in [2.75, 3.05) is 13.2 Å². The van der Waals surface area contributed by atoms with Crippen molar-refractivity contribution in [3.05, 3.63) is 24.3 Å². The van der Waals surface area contributed by atoms with E-state index in [1.54, 1.807) is 0 Å². The summed E-state index contributed by atoms with van der Waals surface area (Å²) < 4.78 is 11.2. The zero-order valence-electron chi connectivity index (χ0n) is 7.21. The van der Waals surface area contributed by atoms with Crippen LogP contribution in [0.2, 0.25) is 0 Å². The Kier molecular flexibility index (Phi) is 2.03. The Morgan fingerprint density at radius 1 is 0.917 bits per heavy atom. The van der Waals surface area contributed by atoms with Gasteiger partial charge in [0.25, 0.3) is 0 Å². The predicted octanol–water partition coefficient (Wildman–Crippen LogP) is 1.68. The summed E-state index contributed by atoms with van der Waals surface area (Å²) in [5.74, 6) is 0. The minimum Gasteiger partial charge on any atom is -0.368 e. The van der Waals surface area contributed by atoms with E-state index in [2.05, 4.69) is 13.2 Å². The highest BCUT2D eigenvalue weighted by molar-refractivity contribution is 5.23. The topological polar surface area (TPSA) is 18.5 Å². The van der Waals surface area contributed by atoms with Gasteiger partial charge in [-0.15, -0.1) is 0 Å². The fourth-order valence-electron chi connectivity index (χ4n) is 1.79. The minimum atomic E-state index is 0.0833. The molecule has 0 amide bonds. The van der Waals surface area contributed by atoms with Crippen LogP contribution in [-0.4, -0.2) is 25.4 Å². The number of ether oxygens (including phenoxy) is 2. The highest BCUT2D eigenvalue weighted by Crippen LogP contribution is 2.32. The average Bonchev–Trinajstić information content (AvgIpc) is 2.12. The fraction of sp³-hybridized carbons (Fsp3) is 0.600. The van der Waals surface area contributed by atoms with Crippen molar-refractivity contribution in [1.29, 1.82) is 0 Å². The van der Waals surface area contributed by atoms with Gasteiger partial charge in [-0.05, 0) is 24.0 Å². The number of fused-ring (bicyclic) bond motifs is 1. The molecule has 1 saturated carbocycles. The molecule has 2 fully saturated rings. The molecule has 1 heterocycles. The Balaban J connectivity index is 2.16. The van der Waals surface area contributed by atoms with Crippen molar-refractivity contribution in [3.8, 4) is 0 Å². The lowest BCUT2D eigenvalue weighted by Gasteiger charge is -2.38. The molecular weight excluding hydrogens is 152 g/mol. The lowest BCUT2D eigenvalue weighted by molar-refractivity contribution is -0.116. The summed E-state index contributed by atoms with van der Waals surface area (Å²) in [5, 5.41) is 0. The molecule has 0 aromatic carbocycles. The summed E-state index contributed by atoms with van der Waals surface area (Å²) in [6.45, 7) is 9.35. The molecule has 2 rings (SSSR count). The van der Waals surface area contributed by atoms with Crippen molar-refractivity contribution in [1.82, 2.24) is 0 Å². The minimum absolute atomic E-state index is 0.0833. The van der Waals surface area contributed by atoms with Gasteiger partial charge in [-0.1, -0.05) is 13.2 Å². The number of hydrogen-bond acceptors (Lipinski definition) is 2. The summed E-state index contributed by atoms with van der Waals surface area (Å²) in [6, 6.07) is 0. The Morgan fingerprint density at radius 3 is 1.75 bits per heavy atom. The molecule has 1 aliphatic heterocycles. The van der Waals surface area contributed by atoms with Crippen LogP contribution in [0.15, 0.2) is 24.3 Å². The van der Waals surface area contributed by atoms with E-state index in [1.807, 2.05) is 0 Å². The maximum absolute atomic E-state index is 5.58. The average molecular weight is 166 g/mol. The van der Waals surface area contributed by atoms with Crippen LogP contribution in [0.25, 0.3) is 0 Å². The van der Waals surface area contributed by atoms with Crippen molar-refractivity contribution in [2.24, 2.45) is 0 Å². The van der Waals surface area contributed by atoms with Gasteiger partial charge in [0.1, 0.15) is 12.2 Å². The SMILES string of the molecule is C=C1CCC(=C)C2OCCOC12. The van der Waals surface area contributed by atoms with Crippen LogP contribution in [-0.2, 0) is 9.47 Å². The van der Waals surface area contributed by atoms with Crippen LogP contribution in [0.1, 0.15) is 12.8 Å². The van der Waals surface area contributed by atoms with Crippen LogP contribution >= 0.6 is 0 Å². The van der Waals surface area contributed by atoms with Crippen molar-refractivity contribution in [2.45, 2.75) is 25.0 Å². The van der Waals surface area contributed by atoms with Crippen LogP contribution in [0, 0.1) is 0 Å². The second-order valence-electron chi connectivity index (χ2n) is 3.40. The van der Waals surface area contributed by atoms with Gasteiger partial charge in [0.05, 0.1) is 13.2 Å². The molecule has 0 radical (unpaired) electrons. The molecule has 2 nitrogen and oxygen atoms in total. The molecule has 1 saturated heterocycles. The zero-order chi connectivity index (χ0) is 8.55. The van der Waals surface area contributed by atoms with Crippen molar-refractivity contribution >= 4 is 0 Å². The highest BCUT2D eigenvalue weighted by atomic mass is 16.6. The van der Waals surface area contributed by atoms with E-state index in [1.165, 1.54) is 0 Å². The zero-order valence-corrected chi connectivity index (χ0v) is 7.21. The molecule has 2 aliphatic rings. The first kappa shape index (κ1) is 8.02. The van der Waals surface area contributed by atoms with E-state index in [4.69, 9.17) is 9.47 Å². The van der Waals surface area contributed by atoms with Crippen LogP contribution in [0.5, 0.6) is 0 Å². The molecular formula is C10H14O2. The lowest BCUT2D eigenvalue weighted by atomic mass is 9.86. The monoisotopic (exact) mass is 166 g/mol. The van der Waals surface area contributed by atoms with Gasteiger partial charge in [0.2, 0.25) is 0 Å². The molecule has 1 aliphatic carbocycles. The standard InChI is InChI=1S/C10H14O2/c1-7-3-4-8(2)10-9(7)11-5-6-12-10/h9-10H,1-6H2. The first-order valence-electron chi connectivity index (χ1n) is 4.37. The van der Waals surface area contributed by atoms with Crippen molar-refractivity contribution in [3.63, 3.8) is 0 Å². The Labute approximate surface area is 72.9 Å². The molecule has 12 heavy (non-hydrogen) atoms. The molecule has 0 bridgehead atoms. The van der Waals surface area contributed by atoms with E-state index in [0.29, 0.717) is 13.2 Å². The smallest absolute Gasteiger partial charge is 0.108 e. The fourth-order valence-corrected chi connectivity index (χ4v) is 1.79. The summed E-state index contributed by atoms with van der Waals surface area (Å²) >= 11 is 0. The highest BCUT2D eigenvalue weighted by Gasteiger charge is 2.34. The summed E-state index contributed by atoms with van der Waals surface area (Å²) in [4.78, 5) is 0. The molecule has 2 heteroatoms. The van der Waals surface area contributed by atoms with Gasteiger partial charge in [-0.25, -0.2) is 0 Å². The van der Waals surface area contributed by atoms with E-state index in [0.717, 1.165) is 24.0 Å². The quantitative estimate of drug-likeness (QED) is 0.510. The number of rotatable bonds is 0. The van der Waals surface area contributed by atoms with Gasteiger partial charge in [-0.3, -0.25) is 0 Å².